The Labute approximate surface area is 97.8 Å². The van der Waals surface area contributed by atoms with Gasteiger partial charge in [0.15, 0.2) is 0 Å². The maximum Gasteiger partial charge on any atom is 0.132 e. The molecule has 14 heavy (non-hydrogen) atoms. The average Bonchev–Trinajstić information content (AvgIpc) is 2.20. The van der Waals surface area contributed by atoms with Crippen LogP contribution in [0.25, 0.3) is 0 Å². The van der Waals surface area contributed by atoms with E-state index in [1.165, 1.54) is 0 Å². The minimum absolute atomic E-state index is 0.411. The van der Waals surface area contributed by atoms with Crippen molar-refractivity contribution in [3.8, 4) is 5.75 Å². The molecule has 0 atom stereocenters. The predicted molar refractivity (Wildman–Crippen MR) is 64.3 cm³/mol. The zero-order valence-electron chi connectivity index (χ0n) is 8.31. The molecule has 0 aliphatic heterocycles. The van der Waals surface area contributed by atoms with Crippen LogP contribution in [0.4, 0.5) is 4.39 Å². The molecule has 77 valence electrons. The van der Waals surface area contributed by atoms with Crippen molar-refractivity contribution in [2.75, 3.05) is 13.3 Å². The number of alkyl halides is 1. The lowest BCUT2D eigenvalue weighted by Crippen LogP contribution is -1.99. The number of hydrogen-bond donors (Lipinski definition) is 0. The van der Waals surface area contributed by atoms with Crippen LogP contribution in [0.2, 0.25) is 0 Å². The molecule has 0 aromatic heterocycles. The lowest BCUT2D eigenvalue weighted by molar-refractivity contribution is 0.337. The Kier molecular flexibility index (Phi) is 4.65. The van der Waals surface area contributed by atoms with Crippen LogP contribution in [0.15, 0.2) is 18.2 Å². The van der Waals surface area contributed by atoms with E-state index in [1.54, 1.807) is 6.92 Å². The maximum absolute atomic E-state index is 12.4. The first kappa shape index (κ1) is 11.8. The van der Waals surface area contributed by atoms with Gasteiger partial charge in [0.1, 0.15) is 5.75 Å². The van der Waals surface area contributed by atoms with Crippen molar-refractivity contribution >= 4 is 22.6 Å². The number of ether oxygens (including phenoxy) is 1. The van der Waals surface area contributed by atoms with E-state index in [0.717, 1.165) is 20.8 Å². The van der Waals surface area contributed by atoms with Crippen LogP contribution >= 0.6 is 22.6 Å². The van der Waals surface area contributed by atoms with E-state index in [2.05, 4.69) is 22.6 Å². The van der Waals surface area contributed by atoms with E-state index in [1.807, 2.05) is 25.1 Å². The molecule has 0 heterocycles. The van der Waals surface area contributed by atoms with Crippen LogP contribution in [0.5, 0.6) is 5.75 Å². The van der Waals surface area contributed by atoms with Crippen LogP contribution in [0.3, 0.4) is 0 Å². The van der Waals surface area contributed by atoms with Crippen molar-refractivity contribution in [3.05, 3.63) is 33.3 Å². The first-order valence-electron chi connectivity index (χ1n) is 4.50. The third kappa shape index (κ3) is 2.83. The molecule has 0 saturated heterocycles. The van der Waals surface area contributed by atoms with Gasteiger partial charge in [0, 0.05) is 5.92 Å². The van der Waals surface area contributed by atoms with Gasteiger partial charge >= 0.3 is 0 Å². The zero-order valence-corrected chi connectivity index (χ0v) is 10.5. The first-order chi connectivity index (χ1) is 6.69. The molecule has 1 aromatic rings. The van der Waals surface area contributed by atoms with Crippen molar-refractivity contribution in [3.63, 3.8) is 0 Å². The van der Waals surface area contributed by atoms with E-state index in [-0.39, 0.29) is 0 Å². The minimum atomic E-state index is -0.411. The molecule has 0 N–H and O–H groups in total. The van der Waals surface area contributed by atoms with Crippen LogP contribution in [0.1, 0.15) is 19.4 Å². The molecule has 1 nitrogen and oxygen atoms in total. The van der Waals surface area contributed by atoms with Crippen molar-refractivity contribution in [2.24, 2.45) is 0 Å². The second-order valence-corrected chi connectivity index (χ2v) is 4.15. The molecule has 0 fully saturated rings. The molecule has 1 radical (unpaired) electrons. The van der Waals surface area contributed by atoms with E-state index < -0.39 is 6.67 Å². The van der Waals surface area contributed by atoms with Gasteiger partial charge in [-0.2, -0.15) is 0 Å². The van der Waals surface area contributed by atoms with Gasteiger partial charge in [0.2, 0.25) is 0 Å². The van der Waals surface area contributed by atoms with E-state index in [4.69, 9.17) is 4.74 Å². The first-order valence-corrected chi connectivity index (χ1v) is 5.58. The Balaban J connectivity index is 2.93. The Morgan fingerprint density at radius 2 is 2.21 bits per heavy atom. The monoisotopic (exact) mass is 307 g/mol. The summed E-state index contributed by atoms with van der Waals surface area (Å²) in [5, 5.41) is 0. The second-order valence-electron chi connectivity index (χ2n) is 2.99. The minimum Gasteiger partial charge on any atom is -0.493 e. The standard InChI is InChI=1S/C11H13FIO/c1-3-14-11-6-9(8(2)7-12)4-5-10(11)13/h4-6H,3,7H2,1-2H3. The molecule has 3 heteroatoms. The number of halogens is 2. The quantitative estimate of drug-likeness (QED) is 0.772. The Bertz CT molecular complexity index is 301. The van der Waals surface area contributed by atoms with E-state index in [9.17, 15) is 4.39 Å². The highest BCUT2D eigenvalue weighted by Gasteiger charge is 2.08. The fourth-order valence-corrected chi connectivity index (χ4v) is 1.60. The van der Waals surface area contributed by atoms with Gasteiger partial charge in [0.05, 0.1) is 16.9 Å². The molecular weight excluding hydrogens is 294 g/mol. The number of benzene rings is 1. The van der Waals surface area contributed by atoms with Crippen molar-refractivity contribution < 1.29 is 9.13 Å². The van der Waals surface area contributed by atoms with Gasteiger partial charge in [-0.05, 0) is 47.2 Å². The van der Waals surface area contributed by atoms with Crippen molar-refractivity contribution in [1.29, 1.82) is 0 Å². The highest BCUT2D eigenvalue weighted by molar-refractivity contribution is 14.1. The fraction of sp³-hybridized carbons (Fsp3) is 0.364. The van der Waals surface area contributed by atoms with Crippen molar-refractivity contribution in [2.45, 2.75) is 13.8 Å². The summed E-state index contributed by atoms with van der Waals surface area (Å²) in [5.41, 5.74) is 0.913. The molecule has 0 aliphatic rings. The Hall–Kier alpha value is -0.320. The molecule has 0 saturated carbocycles. The summed E-state index contributed by atoms with van der Waals surface area (Å²) < 4.78 is 18.9. The average molecular weight is 307 g/mol. The van der Waals surface area contributed by atoms with Gasteiger partial charge < -0.3 is 4.74 Å². The Morgan fingerprint density at radius 3 is 2.79 bits per heavy atom. The second kappa shape index (κ2) is 5.53. The zero-order chi connectivity index (χ0) is 10.6. The topological polar surface area (TPSA) is 9.23 Å². The lowest BCUT2D eigenvalue weighted by Gasteiger charge is -2.11. The molecule has 0 spiro atoms. The molecule has 0 aliphatic carbocycles. The predicted octanol–water partition coefficient (Wildman–Crippen LogP) is 3.60. The highest BCUT2D eigenvalue weighted by Crippen LogP contribution is 2.26. The van der Waals surface area contributed by atoms with Gasteiger partial charge in [-0.1, -0.05) is 13.0 Å². The summed E-state index contributed by atoms with van der Waals surface area (Å²) in [6.07, 6.45) is 0. The largest absolute Gasteiger partial charge is 0.493 e. The molecule has 1 rings (SSSR count). The summed E-state index contributed by atoms with van der Waals surface area (Å²) in [6.45, 7) is 3.95. The third-order valence-corrected chi connectivity index (χ3v) is 2.82. The normalized spacial score (nSPS) is 10.6. The van der Waals surface area contributed by atoms with Gasteiger partial charge in [-0.3, -0.25) is 4.39 Å². The van der Waals surface area contributed by atoms with Crippen LogP contribution in [0, 0.1) is 9.49 Å². The fourth-order valence-electron chi connectivity index (χ4n) is 1.11. The van der Waals surface area contributed by atoms with Crippen LogP contribution in [-0.4, -0.2) is 13.3 Å². The van der Waals surface area contributed by atoms with E-state index in [0.29, 0.717) is 6.61 Å². The molecular formula is C11H13FIO. The summed E-state index contributed by atoms with van der Waals surface area (Å²) >= 11 is 2.21. The summed E-state index contributed by atoms with van der Waals surface area (Å²) in [7, 11) is 0. The van der Waals surface area contributed by atoms with Gasteiger partial charge in [-0.15, -0.1) is 0 Å². The smallest absolute Gasteiger partial charge is 0.132 e. The maximum atomic E-state index is 12.4. The Morgan fingerprint density at radius 1 is 1.50 bits per heavy atom. The summed E-state index contributed by atoms with van der Waals surface area (Å²) in [5.74, 6) is 1.57. The van der Waals surface area contributed by atoms with Gasteiger partial charge in [-0.25, -0.2) is 0 Å². The third-order valence-electron chi connectivity index (χ3n) is 1.92. The van der Waals surface area contributed by atoms with Crippen molar-refractivity contribution in [1.82, 2.24) is 0 Å². The lowest BCUT2D eigenvalue weighted by atomic mass is 10.0. The summed E-state index contributed by atoms with van der Waals surface area (Å²) in [4.78, 5) is 0. The molecule has 0 bridgehead atoms. The molecule has 0 amide bonds. The van der Waals surface area contributed by atoms with E-state index >= 15 is 0 Å². The molecule has 0 unspecified atom stereocenters. The van der Waals surface area contributed by atoms with Crippen LogP contribution in [-0.2, 0) is 0 Å². The number of hydrogen-bond acceptors (Lipinski definition) is 1. The summed E-state index contributed by atoms with van der Waals surface area (Å²) in [6, 6.07) is 5.75. The SMILES string of the molecule is CCOc1cc([C](C)CF)ccc1I. The van der Waals surface area contributed by atoms with Crippen LogP contribution < -0.4 is 4.74 Å². The number of rotatable bonds is 4. The highest BCUT2D eigenvalue weighted by atomic mass is 127. The van der Waals surface area contributed by atoms with Gasteiger partial charge in [0.25, 0.3) is 0 Å². The molecule has 1 aromatic carbocycles.